The van der Waals surface area contributed by atoms with Crippen LogP contribution in [-0.4, -0.2) is 64.2 Å². The Kier molecular flexibility index (Phi) is 8.84. The number of piperazine rings is 1. The van der Waals surface area contributed by atoms with E-state index >= 15 is 0 Å². The lowest BCUT2D eigenvalue weighted by Gasteiger charge is -2.40. The van der Waals surface area contributed by atoms with Crippen molar-refractivity contribution in [2.24, 2.45) is 5.92 Å². The lowest BCUT2D eigenvalue weighted by atomic mass is 10.1. The van der Waals surface area contributed by atoms with Crippen molar-refractivity contribution in [2.45, 2.75) is 44.9 Å². The standard InChI is InChI=1S/C23H29Cl2N5O2S/c1-14(2)16(4)26-21(31)13-33-23-27-19(25)11-20(28-23)29-9-10-30(15(3)12-29)22(32)17-5-7-18(24)8-6-17/h5-8,11,14-16H,9-10,12-13H2,1-4H3,(H,26,31). The SMILES string of the molecule is CC(C)C(C)NC(=O)CSc1nc(Cl)cc(N2CCN(C(=O)c3ccc(Cl)cc3)C(C)C2)n1. The van der Waals surface area contributed by atoms with Crippen molar-refractivity contribution >= 4 is 52.6 Å². The second-order valence-electron chi connectivity index (χ2n) is 8.52. The molecule has 178 valence electrons. The second-order valence-corrected chi connectivity index (χ2v) is 10.3. The molecular formula is C23H29Cl2N5O2S. The van der Waals surface area contributed by atoms with Crippen LogP contribution in [0.3, 0.4) is 0 Å². The van der Waals surface area contributed by atoms with Crippen LogP contribution in [-0.2, 0) is 4.79 Å². The number of carbonyl (C=O) groups is 2. The van der Waals surface area contributed by atoms with Crippen LogP contribution in [0.2, 0.25) is 10.2 Å². The smallest absolute Gasteiger partial charge is 0.254 e. The molecule has 2 atom stereocenters. The number of hydrogen-bond donors (Lipinski definition) is 1. The molecule has 0 bridgehead atoms. The number of amides is 2. The van der Waals surface area contributed by atoms with Crippen molar-refractivity contribution in [1.82, 2.24) is 20.2 Å². The summed E-state index contributed by atoms with van der Waals surface area (Å²) >= 11 is 13.4. The molecule has 10 heteroatoms. The minimum absolute atomic E-state index is 0.0163. The Hall–Kier alpha value is -2.03. The van der Waals surface area contributed by atoms with Gasteiger partial charge in [-0.1, -0.05) is 48.8 Å². The fraction of sp³-hybridized carbons (Fsp3) is 0.478. The Morgan fingerprint density at radius 2 is 1.85 bits per heavy atom. The number of carbonyl (C=O) groups excluding carboxylic acids is 2. The highest BCUT2D eigenvalue weighted by atomic mass is 35.5. The molecule has 1 aromatic heterocycles. The zero-order chi connectivity index (χ0) is 24.1. The highest BCUT2D eigenvalue weighted by Gasteiger charge is 2.29. The molecule has 33 heavy (non-hydrogen) atoms. The summed E-state index contributed by atoms with van der Waals surface area (Å²) < 4.78 is 0. The van der Waals surface area contributed by atoms with Gasteiger partial charge in [0.25, 0.3) is 5.91 Å². The van der Waals surface area contributed by atoms with E-state index in [-0.39, 0.29) is 29.7 Å². The first-order valence-corrected chi connectivity index (χ1v) is 12.7. The highest BCUT2D eigenvalue weighted by Crippen LogP contribution is 2.25. The maximum atomic E-state index is 12.9. The van der Waals surface area contributed by atoms with Gasteiger partial charge in [-0.05, 0) is 44.0 Å². The van der Waals surface area contributed by atoms with Crippen molar-refractivity contribution in [2.75, 3.05) is 30.3 Å². The van der Waals surface area contributed by atoms with Gasteiger partial charge in [-0.25, -0.2) is 9.97 Å². The van der Waals surface area contributed by atoms with E-state index in [1.807, 2.05) is 18.7 Å². The Morgan fingerprint density at radius 1 is 1.15 bits per heavy atom. The molecule has 1 aliphatic heterocycles. The van der Waals surface area contributed by atoms with Gasteiger partial charge in [0.05, 0.1) is 5.75 Å². The van der Waals surface area contributed by atoms with Crippen LogP contribution in [0.5, 0.6) is 0 Å². The molecule has 0 radical (unpaired) electrons. The van der Waals surface area contributed by atoms with Crippen LogP contribution in [0.15, 0.2) is 35.5 Å². The van der Waals surface area contributed by atoms with E-state index < -0.39 is 0 Å². The molecule has 2 heterocycles. The third-order valence-corrected chi connectivity index (χ3v) is 6.98. The molecule has 1 saturated heterocycles. The molecule has 1 fully saturated rings. The molecule has 1 N–H and O–H groups in total. The average Bonchev–Trinajstić information content (AvgIpc) is 2.77. The van der Waals surface area contributed by atoms with Gasteiger partial charge in [-0.2, -0.15) is 0 Å². The predicted octanol–water partition coefficient (Wildman–Crippen LogP) is 4.39. The maximum absolute atomic E-state index is 12.9. The summed E-state index contributed by atoms with van der Waals surface area (Å²) in [5.74, 6) is 1.20. The number of anilines is 1. The number of halogens is 2. The zero-order valence-corrected chi connectivity index (χ0v) is 21.5. The third kappa shape index (κ3) is 6.98. The first-order valence-electron chi connectivity index (χ1n) is 10.9. The van der Waals surface area contributed by atoms with Crippen LogP contribution < -0.4 is 10.2 Å². The maximum Gasteiger partial charge on any atom is 0.254 e. The van der Waals surface area contributed by atoms with E-state index in [1.54, 1.807) is 30.3 Å². The molecular weight excluding hydrogens is 481 g/mol. The average molecular weight is 510 g/mol. The van der Waals surface area contributed by atoms with E-state index in [0.717, 1.165) is 0 Å². The van der Waals surface area contributed by atoms with Crippen LogP contribution in [0, 0.1) is 5.92 Å². The van der Waals surface area contributed by atoms with E-state index in [4.69, 9.17) is 23.2 Å². The minimum atomic E-state index is -0.0609. The predicted molar refractivity (Wildman–Crippen MR) is 134 cm³/mol. The molecule has 0 spiro atoms. The molecule has 7 nitrogen and oxygen atoms in total. The monoisotopic (exact) mass is 509 g/mol. The fourth-order valence-electron chi connectivity index (χ4n) is 3.43. The van der Waals surface area contributed by atoms with Gasteiger partial charge in [0, 0.05) is 48.4 Å². The van der Waals surface area contributed by atoms with E-state index in [0.29, 0.717) is 52.3 Å². The van der Waals surface area contributed by atoms with Gasteiger partial charge in [0.2, 0.25) is 5.91 Å². The number of benzene rings is 1. The number of rotatable bonds is 7. The number of hydrogen-bond acceptors (Lipinski definition) is 6. The van der Waals surface area contributed by atoms with Crippen molar-refractivity contribution in [3.8, 4) is 0 Å². The summed E-state index contributed by atoms with van der Waals surface area (Å²) in [5, 5.41) is 4.36. The largest absolute Gasteiger partial charge is 0.353 e. The molecule has 1 aromatic carbocycles. The molecule has 0 saturated carbocycles. The van der Waals surface area contributed by atoms with Crippen LogP contribution >= 0.6 is 35.0 Å². The molecule has 2 unspecified atom stereocenters. The van der Waals surface area contributed by atoms with Gasteiger partial charge >= 0.3 is 0 Å². The van der Waals surface area contributed by atoms with Crippen molar-refractivity contribution < 1.29 is 9.59 Å². The van der Waals surface area contributed by atoms with Gasteiger partial charge in [-0.15, -0.1) is 0 Å². The Labute approximate surface area is 209 Å². The van der Waals surface area contributed by atoms with Crippen LogP contribution in [0.25, 0.3) is 0 Å². The van der Waals surface area contributed by atoms with Crippen LogP contribution in [0.1, 0.15) is 38.1 Å². The summed E-state index contributed by atoms with van der Waals surface area (Å²) in [6.45, 7) is 9.92. The molecule has 2 aromatic rings. The molecule has 0 aliphatic carbocycles. The van der Waals surface area contributed by atoms with Crippen molar-refractivity contribution in [3.63, 3.8) is 0 Å². The quantitative estimate of drug-likeness (QED) is 0.338. The molecule has 3 rings (SSSR count). The van der Waals surface area contributed by atoms with Crippen molar-refractivity contribution in [1.29, 1.82) is 0 Å². The van der Waals surface area contributed by atoms with Gasteiger partial charge in [0.1, 0.15) is 11.0 Å². The van der Waals surface area contributed by atoms with Crippen LogP contribution in [0.4, 0.5) is 5.82 Å². The summed E-state index contributed by atoms with van der Waals surface area (Å²) in [7, 11) is 0. The van der Waals surface area contributed by atoms with Gasteiger partial charge in [0.15, 0.2) is 5.16 Å². The number of nitrogens with zero attached hydrogens (tertiary/aromatic N) is 4. The van der Waals surface area contributed by atoms with Gasteiger partial charge in [-0.3, -0.25) is 9.59 Å². The Morgan fingerprint density at radius 3 is 2.48 bits per heavy atom. The minimum Gasteiger partial charge on any atom is -0.353 e. The highest BCUT2D eigenvalue weighted by molar-refractivity contribution is 7.99. The molecule has 2 amide bonds. The summed E-state index contributed by atoms with van der Waals surface area (Å²) in [6, 6.07) is 8.74. The second kappa shape index (κ2) is 11.4. The molecule has 1 aliphatic rings. The fourth-order valence-corrected chi connectivity index (χ4v) is 4.45. The lowest BCUT2D eigenvalue weighted by Crippen LogP contribution is -2.54. The van der Waals surface area contributed by atoms with E-state index in [9.17, 15) is 9.59 Å². The van der Waals surface area contributed by atoms with Crippen molar-refractivity contribution in [3.05, 3.63) is 46.1 Å². The summed E-state index contributed by atoms with van der Waals surface area (Å²) in [4.78, 5) is 37.9. The lowest BCUT2D eigenvalue weighted by molar-refractivity contribution is -0.119. The Bertz CT molecular complexity index is 989. The topological polar surface area (TPSA) is 78.4 Å². The first-order chi connectivity index (χ1) is 15.6. The Balaban J connectivity index is 1.62. The summed E-state index contributed by atoms with van der Waals surface area (Å²) in [5.41, 5.74) is 0.619. The number of aromatic nitrogens is 2. The summed E-state index contributed by atoms with van der Waals surface area (Å²) in [6.07, 6.45) is 0. The van der Waals surface area contributed by atoms with E-state index in [2.05, 4.69) is 34.0 Å². The van der Waals surface area contributed by atoms with Gasteiger partial charge < -0.3 is 15.1 Å². The first kappa shape index (κ1) is 25.6. The van der Waals surface area contributed by atoms with E-state index in [1.165, 1.54) is 11.8 Å². The normalized spacial score (nSPS) is 17.2. The third-order valence-electron chi connectivity index (χ3n) is 5.69. The number of thioether (sulfide) groups is 1. The number of nitrogens with one attached hydrogen (secondary N) is 1. The zero-order valence-electron chi connectivity index (χ0n) is 19.2.